The number of fused-ring (bicyclic) bond motifs is 7. The lowest BCUT2D eigenvalue weighted by Crippen LogP contribution is -2.10. The molecule has 0 spiro atoms. The van der Waals surface area contributed by atoms with Crippen LogP contribution in [0.3, 0.4) is 0 Å². The quantitative estimate of drug-likeness (QED) is 0.152. The van der Waals surface area contributed by atoms with Crippen LogP contribution in [0.1, 0.15) is 0 Å². The molecule has 0 radical (unpaired) electrons. The van der Waals surface area contributed by atoms with Crippen LogP contribution >= 0.6 is 0 Å². The predicted molar refractivity (Wildman–Crippen MR) is 280 cm³/mol. The molecule has 0 saturated heterocycles. The van der Waals surface area contributed by atoms with Crippen LogP contribution < -0.4 is 4.90 Å². The summed E-state index contributed by atoms with van der Waals surface area (Å²) < 4.78 is 13.4. The summed E-state index contributed by atoms with van der Waals surface area (Å²) in [7, 11) is 0. The van der Waals surface area contributed by atoms with Crippen LogP contribution in [0.4, 0.5) is 17.1 Å². The maximum Gasteiger partial charge on any atom is 0.159 e. The van der Waals surface area contributed by atoms with Gasteiger partial charge in [0.15, 0.2) is 5.58 Å². The Labute approximate surface area is 388 Å². The standard InChI is InChI=1S/C64H41NO2/c1-3-13-42(14-4-1)44-25-31-52(32-26-44)65(53-33-27-45(28-34-53)48-24-23-43-15-7-8-18-47(43)37-48)60-41-51(49-29-35-62-57(38-49)56-21-11-12-22-61(56)66-62)40-59-58-39-50(30-36-63(58)67-64(59)60)55-20-10-9-19-54(55)46-16-5-2-6-17-46/h1-41H. The topological polar surface area (TPSA) is 29.5 Å². The molecule has 3 heteroatoms. The van der Waals surface area contributed by atoms with Crippen molar-refractivity contribution >= 4 is 71.7 Å². The van der Waals surface area contributed by atoms with E-state index in [9.17, 15) is 0 Å². The Balaban J connectivity index is 1.04. The highest BCUT2D eigenvalue weighted by Crippen LogP contribution is 2.47. The zero-order valence-electron chi connectivity index (χ0n) is 36.4. The van der Waals surface area contributed by atoms with Gasteiger partial charge in [-0.15, -0.1) is 0 Å². The lowest BCUT2D eigenvalue weighted by Gasteiger charge is -2.26. The van der Waals surface area contributed by atoms with Crippen LogP contribution in [0.5, 0.6) is 0 Å². The molecular formula is C64H41NO2. The fraction of sp³-hybridized carbons (Fsp3) is 0. The van der Waals surface area contributed by atoms with E-state index < -0.39 is 0 Å². The van der Waals surface area contributed by atoms with Gasteiger partial charge in [0.25, 0.3) is 0 Å². The Bertz CT molecular complexity index is 3960. The largest absolute Gasteiger partial charge is 0.456 e. The van der Waals surface area contributed by atoms with Gasteiger partial charge in [0, 0.05) is 32.9 Å². The van der Waals surface area contributed by atoms with Gasteiger partial charge in [0.2, 0.25) is 0 Å². The molecule has 67 heavy (non-hydrogen) atoms. The molecule has 11 aromatic carbocycles. The number of nitrogens with zero attached hydrogens (tertiary/aromatic N) is 1. The van der Waals surface area contributed by atoms with Crippen molar-refractivity contribution in [3.63, 3.8) is 0 Å². The molecule has 0 unspecified atom stereocenters. The lowest BCUT2D eigenvalue weighted by molar-refractivity contribution is 0.668. The summed E-state index contributed by atoms with van der Waals surface area (Å²) in [5, 5.41) is 6.74. The monoisotopic (exact) mass is 855 g/mol. The number of hydrogen-bond donors (Lipinski definition) is 0. The van der Waals surface area contributed by atoms with E-state index >= 15 is 0 Å². The van der Waals surface area contributed by atoms with Crippen molar-refractivity contribution in [3.05, 3.63) is 249 Å². The van der Waals surface area contributed by atoms with Crippen LogP contribution in [-0.2, 0) is 0 Å². The minimum absolute atomic E-state index is 0.813. The van der Waals surface area contributed by atoms with E-state index in [1.54, 1.807) is 0 Å². The first-order chi connectivity index (χ1) is 33.2. The fourth-order valence-electron chi connectivity index (χ4n) is 9.90. The molecule has 314 valence electrons. The van der Waals surface area contributed by atoms with Crippen LogP contribution in [0, 0.1) is 0 Å². The van der Waals surface area contributed by atoms with Crippen molar-refractivity contribution in [1.82, 2.24) is 0 Å². The molecule has 0 fully saturated rings. The number of furan rings is 2. The van der Waals surface area contributed by atoms with Crippen LogP contribution in [0.25, 0.3) is 110 Å². The second-order valence-corrected chi connectivity index (χ2v) is 17.3. The van der Waals surface area contributed by atoms with E-state index in [2.05, 4.69) is 241 Å². The summed E-state index contributed by atoms with van der Waals surface area (Å²) in [6.45, 7) is 0. The van der Waals surface area contributed by atoms with Gasteiger partial charge in [-0.25, -0.2) is 0 Å². The van der Waals surface area contributed by atoms with E-state index in [1.165, 1.54) is 38.6 Å². The average molecular weight is 856 g/mol. The second kappa shape index (κ2) is 16.0. The third-order valence-corrected chi connectivity index (χ3v) is 13.3. The Morgan fingerprint density at radius 2 is 0.731 bits per heavy atom. The molecule has 0 atom stereocenters. The Morgan fingerprint density at radius 1 is 0.254 bits per heavy atom. The summed E-state index contributed by atoms with van der Waals surface area (Å²) in [5.41, 5.74) is 17.9. The number of anilines is 3. The molecule has 0 saturated carbocycles. The number of benzene rings is 11. The SMILES string of the molecule is c1ccc(-c2ccc(N(c3ccc(-c4ccc5ccccc5c4)cc3)c3cc(-c4ccc5oc6ccccc6c5c4)cc4c3oc3ccc(-c5ccccc5-c5ccccc5)cc34)cc2)cc1. The van der Waals surface area contributed by atoms with Gasteiger partial charge < -0.3 is 13.7 Å². The molecule has 3 nitrogen and oxygen atoms in total. The fourth-order valence-corrected chi connectivity index (χ4v) is 9.90. The van der Waals surface area contributed by atoms with E-state index in [0.717, 1.165) is 88.8 Å². The highest BCUT2D eigenvalue weighted by Gasteiger charge is 2.23. The summed E-state index contributed by atoms with van der Waals surface area (Å²) in [4.78, 5) is 2.35. The van der Waals surface area contributed by atoms with E-state index in [1.807, 2.05) is 12.1 Å². The van der Waals surface area contributed by atoms with E-state index in [4.69, 9.17) is 8.83 Å². The minimum Gasteiger partial charge on any atom is -0.456 e. The first-order valence-corrected chi connectivity index (χ1v) is 22.8. The van der Waals surface area contributed by atoms with Crippen molar-refractivity contribution < 1.29 is 8.83 Å². The first-order valence-electron chi connectivity index (χ1n) is 22.8. The van der Waals surface area contributed by atoms with Gasteiger partial charge in [-0.05, 0) is 139 Å². The molecule has 0 bridgehead atoms. The zero-order valence-corrected chi connectivity index (χ0v) is 36.4. The second-order valence-electron chi connectivity index (χ2n) is 17.3. The molecule has 13 aromatic rings. The maximum atomic E-state index is 7.09. The molecule has 13 rings (SSSR count). The number of rotatable bonds is 8. The summed E-state index contributed by atoms with van der Waals surface area (Å²) in [6, 6.07) is 89.0. The van der Waals surface area contributed by atoms with Gasteiger partial charge in [-0.1, -0.05) is 176 Å². The van der Waals surface area contributed by atoms with Gasteiger partial charge in [0.1, 0.15) is 16.7 Å². The van der Waals surface area contributed by atoms with Gasteiger partial charge >= 0.3 is 0 Å². The molecule has 0 N–H and O–H groups in total. The third-order valence-electron chi connectivity index (χ3n) is 13.3. The third kappa shape index (κ3) is 6.84. The number of hydrogen-bond acceptors (Lipinski definition) is 3. The van der Waals surface area contributed by atoms with Gasteiger partial charge in [-0.2, -0.15) is 0 Å². The first kappa shape index (κ1) is 38.5. The molecule has 0 aliphatic heterocycles. The summed E-state index contributed by atoms with van der Waals surface area (Å²) in [5.74, 6) is 0. The molecule has 0 aliphatic carbocycles. The molecule has 2 heterocycles. The van der Waals surface area contributed by atoms with Crippen molar-refractivity contribution in [2.45, 2.75) is 0 Å². The highest BCUT2D eigenvalue weighted by molar-refractivity contribution is 6.14. The normalized spacial score (nSPS) is 11.6. The maximum absolute atomic E-state index is 7.09. The highest BCUT2D eigenvalue weighted by atomic mass is 16.3. The molecular weight excluding hydrogens is 815 g/mol. The average Bonchev–Trinajstić information content (AvgIpc) is 3.97. The minimum atomic E-state index is 0.813. The summed E-state index contributed by atoms with van der Waals surface area (Å²) >= 11 is 0. The molecule has 0 amide bonds. The summed E-state index contributed by atoms with van der Waals surface area (Å²) in [6.07, 6.45) is 0. The van der Waals surface area contributed by atoms with Crippen molar-refractivity contribution in [2.24, 2.45) is 0 Å². The van der Waals surface area contributed by atoms with Gasteiger partial charge in [0.05, 0.1) is 5.69 Å². The van der Waals surface area contributed by atoms with Crippen molar-refractivity contribution in [3.8, 4) is 55.6 Å². The van der Waals surface area contributed by atoms with Crippen molar-refractivity contribution in [1.29, 1.82) is 0 Å². The van der Waals surface area contributed by atoms with E-state index in [0.29, 0.717) is 0 Å². The Morgan fingerprint density at radius 3 is 1.48 bits per heavy atom. The van der Waals surface area contributed by atoms with Gasteiger partial charge in [-0.3, -0.25) is 0 Å². The van der Waals surface area contributed by atoms with Crippen LogP contribution in [-0.4, -0.2) is 0 Å². The lowest BCUT2D eigenvalue weighted by atomic mass is 9.93. The van der Waals surface area contributed by atoms with E-state index in [-0.39, 0.29) is 0 Å². The Kier molecular flexibility index (Phi) is 9.17. The zero-order chi connectivity index (χ0) is 44.3. The van der Waals surface area contributed by atoms with Crippen LogP contribution in [0.15, 0.2) is 258 Å². The van der Waals surface area contributed by atoms with Crippen LogP contribution in [0.2, 0.25) is 0 Å². The Hall–Kier alpha value is -8.92. The smallest absolute Gasteiger partial charge is 0.159 e. The number of para-hydroxylation sites is 1. The molecule has 2 aromatic heterocycles. The van der Waals surface area contributed by atoms with Crippen molar-refractivity contribution in [2.75, 3.05) is 4.90 Å². The molecule has 0 aliphatic rings. The predicted octanol–water partition coefficient (Wildman–Crippen LogP) is 18.4.